The number of nitrogen functional groups attached to an aromatic ring is 1. The van der Waals surface area contributed by atoms with Crippen LogP contribution in [0.3, 0.4) is 0 Å². The molecule has 2 aromatic rings. The van der Waals surface area contributed by atoms with Gasteiger partial charge in [-0.1, -0.05) is 6.07 Å². The van der Waals surface area contributed by atoms with Crippen LogP contribution < -0.4 is 5.73 Å². The number of phenolic OH excluding ortho intramolecular Hbond substituents is 3. The fourth-order valence-corrected chi connectivity index (χ4v) is 1.37. The summed E-state index contributed by atoms with van der Waals surface area (Å²) in [6.45, 7) is 3.63. The van der Waals surface area contributed by atoms with Crippen LogP contribution >= 0.6 is 0 Å². The average molecular weight is 247 g/mol. The van der Waals surface area contributed by atoms with Crippen molar-refractivity contribution in [2.45, 2.75) is 13.8 Å². The zero-order valence-electron chi connectivity index (χ0n) is 10.4. The Bertz CT molecular complexity index is 488. The van der Waals surface area contributed by atoms with Gasteiger partial charge in [0.05, 0.1) is 0 Å². The molecule has 0 unspecified atom stereocenters. The summed E-state index contributed by atoms with van der Waals surface area (Å²) >= 11 is 0. The maximum atomic E-state index is 9.02. The monoisotopic (exact) mass is 247 g/mol. The van der Waals surface area contributed by atoms with Crippen molar-refractivity contribution in [3.8, 4) is 17.2 Å². The summed E-state index contributed by atoms with van der Waals surface area (Å²) in [5.41, 5.74) is 7.67. The minimum atomic E-state index is 0.104. The molecule has 0 amide bonds. The van der Waals surface area contributed by atoms with Crippen molar-refractivity contribution in [3.05, 3.63) is 47.5 Å². The molecule has 4 nitrogen and oxygen atoms in total. The molecule has 0 atom stereocenters. The van der Waals surface area contributed by atoms with Crippen LogP contribution in [0.15, 0.2) is 36.4 Å². The lowest BCUT2D eigenvalue weighted by atomic mass is 10.2. The third-order valence-electron chi connectivity index (χ3n) is 2.28. The van der Waals surface area contributed by atoms with Gasteiger partial charge in [-0.2, -0.15) is 0 Å². The molecule has 0 saturated carbocycles. The highest BCUT2D eigenvalue weighted by Crippen LogP contribution is 2.19. The quantitative estimate of drug-likeness (QED) is 0.539. The van der Waals surface area contributed by atoms with E-state index in [4.69, 9.17) is 21.1 Å². The zero-order chi connectivity index (χ0) is 13.7. The van der Waals surface area contributed by atoms with Gasteiger partial charge in [-0.25, -0.2) is 0 Å². The molecular formula is C14H17NO3. The van der Waals surface area contributed by atoms with E-state index in [1.807, 2.05) is 6.92 Å². The van der Waals surface area contributed by atoms with Crippen LogP contribution in [0, 0.1) is 13.8 Å². The fourth-order valence-electron chi connectivity index (χ4n) is 1.37. The van der Waals surface area contributed by atoms with Gasteiger partial charge < -0.3 is 21.1 Å². The highest BCUT2D eigenvalue weighted by molar-refractivity contribution is 5.47. The van der Waals surface area contributed by atoms with E-state index >= 15 is 0 Å². The third-order valence-corrected chi connectivity index (χ3v) is 2.28. The number of nitrogens with two attached hydrogens (primary N) is 1. The van der Waals surface area contributed by atoms with Crippen molar-refractivity contribution in [1.29, 1.82) is 0 Å². The van der Waals surface area contributed by atoms with E-state index in [0.29, 0.717) is 5.69 Å². The van der Waals surface area contributed by atoms with Crippen LogP contribution in [0.1, 0.15) is 11.1 Å². The zero-order valence-corrected chi connectivity index (χ0v) is 10.4. The number of phenols is 3. The van der Waals surface area contributed by atoms with Gasteiger partial charge in [-0.15, -0.1) is 0 Å². The summed E-state index contributed by atoms with van der Waals surface area (Å²) in [6.07, 6.45) is 0. The molecule has 2 aromatic carbocycles. The topological polar surface area (TPSA) is 86.7 Å². The molecule has 5 N–H and O–H groups in total. The molecule has 0 radical (unpaired) electrons. The van der Waals surface area contributed by atoms with Crippen molar-refractivity contribution < 1.29 is 15.3 Å². The normalized spacial score (nSPS) is 9.44. The van der Waals surface area contributed by atoms with Crippen molar-refractivity contribution >= 4 is 5.69 Å². The molecule has 0 aliphatic heterocycles. The standard InChI is InChI=1S/C7H9NO.C7H8O2/c1-5-2-3-6(8)4-7(5)9;1-5-2-6(8)4-7(9)3-5/h2-4,9H,8H2,1H3;2-4,8-9H,1H3. The molecule has 0 bridgehead atoms. The molecule has 0 spiro atoms. The maximum Gasteiger partial charge on any atom is 0.120 e. The molecular weight excluding hydrogens is 230 g/mol. The van der Waals surface area contributed by atoms with Crippen molar-refractivity contribution in [3.63, 3.8) is 0 Å². The van der Waals surface area contributed by atoms with Gasteiger partial charge in [0.25, 0.3) is 0 Å². The third kappa shape index (κ3) is 4.25. The summed E-state index contributed by atoms with van der Waals surface area (Å²) in [7, 11) is 0. The summed E-state index contributed by atoms with van der Waals surface area (Å²) in [5, 5.41) is 26.7. The minimum Gasteiger partial charge on any atom is -0.508 e. The van der Waals surface area contributed by atoms with Gasteiger partial charge in [0.15, 0.2) is 0 Å². The van der Waals surface area contributed by atoms with E-state index in [9.17, 15) is 0 Å². The molecule has 0 saturated heterocycles. The van der Waals surface area contributed by atoms with Crippen LogP contribution in [0.25, 0.3) is 0 Å². The lowest BCUT2D eigenvalue weighted by Crippen LogP contribution is -1.83. The smallest absolute Gasteiger partial charge is 0.120 e. The Labute approximate surface area is 106 Å². The van der Waals surface area contributed by atoms with Crippen molar-refractivity contribution in [2.24, 2.45) is 0 Å². The second-order valence-electron chi connectivity index (χ2n) is 4.07. The summed E-state index contributed by atoms with van der Waals surface area (Å²) in [5.74, 6) is 0.468. The lowest BCUT2D eigenvalue weighted by Gasteiger charge is -1.97. The predicted octanol–water partition coefficient (Wildman–Crippen LogP) is 2.69. The number of aromatic hydroxyl groups is 3. The Kier molecular flexibility index (Phi) is 4.43. The maximum absolute atomic E-state index is 9.02. The van der Waals surface area contributed by atoms with Crippen LogP contribution in [-0.2, 0) is 0 Å². The van der Waals surface area contributed by atoms with E-state index < -0.39 is 0 Å². The van der Waals surface area contributed by atoms with Crippen LogP contribution in [0.5, 0.6) is 17.2 Å². The average Bonchev–Trinajstić information content (AvgIpc) is 2.23. The molecule has 0 heterocycles. The Balaban J connectivity index is 0.000000180. The molecule has 4 heteroatoms. The SMILES string of the molecule is Cc1cc(O)cc(O)c1.Cc1ccc(N)cc1O. The first-order valence-corrected chi connectivity index (χ1v) is 5.43. The van der Waals surface area contributed by atoms with Crippen LogP contribution in [0.2, 0.25) is 0 Å². The summed E-state index contributed by atoms with van der Waals surface area (Å²) in [6, 6.07) is 9.54. The molecule has 0 aromatic heterocycles. The van der Waals surface area contributed by atoms with Gasteiger partial charge in [0.2, 0.25) is 0 Å². The molecule has 0 aliphatic rings. The molecule has 0 fully saturated rings. The Morgan fingerprint density at radius 3 is 1.78 bits per heavy atom. The Morgan fingerprint density at radius 1 is 0.833 bits per heavy atom. The summed E-state index contributed by atoms with van der Waals surface area (Å²) in [4.78, 5) is 0. The number of hydrogen-bond acceptors (Lipinski definition) is 4. The van der Waals surface area contributed by atoms with E-state index in [1.54, 1.807) is 31.2 Å². The fraction of sp³-hybridized carbons (Fsp3) is 0.143. The first kappa shape index (κ1) is 13.7. The highest BCUT2D eigenvalue weighted by atomic mass is 16.3. The lowest BCUT2D eigenvalue weighted by molar-refractivity contribution is 0.450. The van der Waals surface area contributed by atoms with Crippen LogP contribution in [-0.4, -0.2) is 15.3 Å². The first-order chi connectivity index (χ1) is 8.38. The van der Waals surface area contributed by atoms with E-state index in [0.717, 1.165) is 11.1 Å². The van der Waals surface area contributed by atoms with Gasteiger partial charge >= 0.3 is 0 Å². The van der Waals surface area contributed by atoms with Crippen molar-refractivity contribution in [2.75, 3.05) is 5.73 Å². The van der Waals surface area contributed by atoms with Crippen LogP contribution in [0.4, 0.5) is 5.69 Å². The van der Waals surface area contributed by atoms with Gasteiger partial charge in [0.1, 0.15) is 17.2 Å². The van der Waals surface area contributed by atoms with E-state index in [-0.39, 0.29) is 17.2 Å². The van der Waals surface area contributed by atoms with Gasteiger partial charge in [0, 0.05) is 17.8 Å². The van der Waals surface area contributed by atoms with Gasteiger partial charge in [-0.3, -0.25) is 0 Å². The largest absolute Gasteiger partial charge is 0.508 e. The predicted molar refractivity (Wildman–Crippen MR) is 71.8 cm³/mol. The highest BCUT2D eigenvalue weighted by Gasteiger charge is 1.92. The number of anilines is 1. The summed E-state index contributed by atoms with van der Waals surface area (Å²) < 4.78 is 0. The molecule has 96 valence electrons. The van der Waals surface area contributed by atoms with E-state index in [2.05, 4.69) is 0 Å². The molecule has 2 rings (SSSR count). The Hall–Kier alpha value is -2.36. The number of hydrogen-bond donors (Lipinski definition) is 4. The number of rotatable bonds is 0. The first-order valence-electron chi connectivity index (χ1n) is 5.43. The van der Waals surface area contributed by atoms with Gasteiger partial charge in [-0.05, 0) is 43.2 Å². The second-order valence-corrected chi connectivity index (χ2v) is 4.07. The van der Waals surface area contributed by atoms with E-state index in [1.165, 1.54) is 12.1 Å². The molecule has 0 aliphatic carbocycles. The number of benzene rings is 2. The second kappa shape index (κ2) is 5.82. The van der Waals surface area contributed by atoms with Crippen molar-refractivity contribution in [1.82, 2.24) is 0 Å². The molecule has 18 heavy (non-hydrogen) atoms. The Morgan fingerprint density at radius 2 is 1.39 bits per heavy atom. The number of aryl methyl sites for hydroxylation is 2. The minimum absolute atomic E-state index is 0.104.